The fraction of sp³-hybridized carbons (Fsp3) is 0.500. The van der Waals surface area contributed by atoms with E-state index in [0.717, 1.165) is 16.7 Å². The third-order valence-corrected chi connectivity index (χ3v) is 2.70. The molecule has 1 aromatic carbocycles. The topological polar surface area (TPSA) is 26.0 Å². The molecule has 0 unspecified atom stereocenters. The Hall–Kier alpha value is -1.03. The van der Waals surface area contributed by atoms with Gasteiger partial charge in [0, 0.05) is 12.5 Å². The average Bonchev–Trinajstić information content (AvgIpc) is 2.17. The highest BCUT2D eigenvalue weighted by molar-refractivity contribution is 5.31. The van der Waals surface area contributed by atoms with Gasteiger partial charge in [-0.25, -0.2) is 0 Å². The molecule has 2 N–H and O–H groups in total. The van der Waals surface area contributed by atoms with Crippen molar-refractivity contribution in [2.24, 2.45) is 5.73 Å². The van der Waals surface area contributed by atoms with E-state index in [-0.39, 0.29) is 6.42 Å². The molecule has 1 nitrogen and oxygen atoms in total. The van der Waals surface area contributed by atoms with E-state index in [9.17, 15) is 13.2 Å². The van der Waals surface area contributed by atoms with Crippen molar-refractivity contribution in [3.05, 3.63) is 34.9 Å². The molecule has 0 heterocycles. The highest BCUT2D eigenvalue weighted by Gasteiger charge is 2.27. The normalized spacial score (nSPS) is 13.9. The number of halogens is 3. The van der Waals surface area contributed by atoms with Gasteiger partial charge in [0.1, 0.15) is 0 Å². The molecule has 90 valence electrons. The van der Waals surface area contributed by atoms with Gasteiger partial charge in [-0.15, -0.1) is 0 Å². The number of rotatable bonds is 3. The Labute approximate surface area is 93.5 Å². The lowest BCUT2D eigenvalue weighted by molar-refractivity contribution is -0.136. The van der Waals surface area contributed by atoms with Crippen molar-refractivity contribution in [1.82, 2.24) is 0 Å². The first-order valence-corrected chi connectivity index (χ1v) is 5.19. The van der Waals surface area contributed by atoms with E-state index in [1.165, 1.54) is 0 Å². The van der Waals surface area contributed by atoms with Crippen LogP contribution in [0.4, 0.5) is 13.2 Å². The van der Waals surface area contributed by atoms with Gasteiger partial charge in [-0.2, -0.15) is 13.2 Å². The first-order chi connectivity index (χ1) is 7.29. The second-order valence-corrected chi connectivity index (χ2v) is 4.10. The molecule has 0 radical (unpaired) electrons. The Morgan fingerprint density at radius 1 is 1.19 bits per heavy atom. The molecule has 1 atom stereocenters. The van der Waals surface area contributed by atoms with Crippen LogP contribution in [0.15, 0.2) is 18.2 Å². The highest BCUT2D eigenvalue weighted by atomic mass is 19.4. The standard InChI is InChI=1S/C12H16F3N/c1-8-3-4-10(7-9(8)2)11(16)5-6-12(13,14)15/h3-4,7,11H,5-6,16H2,1-2H3/t11-/m0/s1. The number of nitrogens with two attached hydrogens (primary N) is 1. The number of aryl methyl sites for hydroxylation is 2. The maximum Gasteiger partial charge on any atom is 0.389 e. The molecular weight excluding hydrogens is 215 g/mol. The minimum Gasteiger partial charge on any atom is -0.324 e. The summed E-state index contributed by atoms with van der Waals surface area (Å²) in [5.41, 5.74) is 8.66. The van der Waals surface area contributed by atoms with Crippen LogP contribution >= 0.6 is 0 Å². The molecule has 0 spiro atoms. The second-order valence-electron chi connectivity index (χ2n) is 4.10. The Balaban J connectivity index is 2.66. The van der Waals surface area contributed by atoms with Crippen LogP contribution in [0.5, 0.6) is 0 Å². The average molecular weight is 231 g/mol. The molecule has 0 bridgehead atoms. The van der Waals surface area contributed by atoms with Crippen molar-refractivity contribution in [3.8, 4) is 0 Å². The van der Waals surface area contributed by atoms with Gasteiger partial charge < -0.3 is 5.73 Å². The zero-order valence-corrected chi connectivity index (χ0v) is 9.43. The minimum atomic E-state index is -4.13. The quantitative estimate of drug-likeness (QED) is 0.844. The largest absolute Gasteiger partial charge is 0.389 e. The summed E-state index contributed by atoms with van der Waals surface area (Å²) in [7, 11) is 0. The lowest BCUT2D eigenvalue weighted by atomic mass is 9.98. The van der Waals surface area contributed by atoms with Crippen molar-refractivity contribution < 1.29 is 13.2 Å². The maximum atomic E-state index is 12.0. The lowest BCUT2D eigenvalue weighted by Gasteiger charge is -2.14. The fourth-order valence-corrected chi connectivity index (χ4v) is 1.48. The smallest absolute Gasteiger partial charge is 0.324 e. The zero-order chi connectivity index (χ0) is 12.3. The molecule has 1 aromatic rings. The van der Waals surface area contributed by atoms with Gasteiger partial charge in [0.05, 0.1) is 0 Å². The van der Waals surface area contributed by atoms with Crippen LogP contribution in [0.1, 0.15) is 35.6 Å². The van der Waals surface area contributed by atoms with Crippen LogP contribution in [-0.2, 0) is 0 Å². The molecule has 0 aromatic heterocycles. The summed E-state index contributed by atoms with van der Waals surface area (Å²) >= 11 is 0. The summed E-state index contributed by atoms with van der Waals surface area (Å²) in [5, 5.41) is 0. The number of benzene rings is 1. The highest BCUT2D eigenvalue weighted by Crippen LogP contribution is 2.26. The number of alkyl halides is 3. The van der Waals surface area contributed by atoms with E-state index in [1.54, 1.807) is 6.07 Å². The van der Waals surface area contributed by atoms with Crippen molar-refractivity contribution in [3.63, 3.8) is 0 Å². The van der Waals surface area contributed by atoms with Crippen molar-refractivity contribution >= 4 is 0 Å². The van der Waals surface area contributed by atoms with Crippen LogP contribution < -0.4 is 5.73 Å². The molecule has 1 rings (SSSR count). The Kier molecular flexibility index (Phi) is 3.97. The molecule has 0 aliphatic heterocycles. The first-order valence-electron chi connectivity index (χ1n) is 5.19. The summed E-state index contributed by atoms with van der Waals surface area (Å²) < 4.78 is 36.1. The van der Waals surface area contributed by atoms with Gasteiger partial charge in [-0.05, 0) is 37.0 Å². The fourth-order valence-electron chi connectivity index (χ4n) is 1.48. The molecular formula is C12H16F3N. The predicted molar refractivity (Wildman–Crippen MR) is 58.1 cm³/mol. The Bertz CT molecular complexity index is 358. The zero-order valence-electron chi connectivity index (χ0n) is 9.43. The van der Waals surface area contributed by atoms with E-state index < -0.39 is 18.6 Å². The van der Waals surface area contributed by atoms with Crippen LogP contribution in [0.2, 0.25) is 0 Å². The van der Waals surface area contributed by atoms with Gasteiger partial charge in [-0.3, -0.25) is 0 Å². The molecule has 0 saturated carbocycles. The van der Waals surface area contributed by atoms with Crippen LogP contribution in [0.25, 0.3) is 0 Å². The van der Waals surface area contributed by atoms with Gasteiger partial charge in [0.25, 0.3) is 0 Å². The molecule has 16 heavy (non-hydrogen) atoms. The van der Waals surface area contributed by atoms with Gasteiger partial charge in [0.15, 0.2) is 0 Å². The molecule has 0 aliphatic carbocycles. The van der Waals surface area contributed by atoms with Gasteiger partial charge in [-0.1, -0.05) is 18.2 Å². The number of hydrogen-bond donors (Lipinski definition) is 1. The molecule has 0 aliphatic rings. The van der Waals surface area contributed by atoms with E-state index in [0.29, 0.717) is 0 Å². The molecule has 4 heteroatoms. The molecule has 0 amide bonds. The number of hydrogen-bond acceptors (Lipinski definition) is 1. The van der Waals surface area contributed by atoms with Crippen LogP contribution in [-0.4, -0.2) is 6.18 Å². The Morgan fingerprint density at radius 3 is 2.31 bits per heavy atom. The van der Waals surface area contributed by atoms with E-state index in [2.05, 4.69) is 0 Å². The maximum absolute atomic E-state index is 12.0. The van der Waals surface area contributed by atoms with Crippen molar-refractivity contribution in [2.75, 3.05) is 0 Å². The van der Waals surface area contributed by atoms with Crippen molar-refractivity contribution in [1.29, 1.82) is 0 Å². The monoisotopic (exact) mass is 231 g/mol. The van der Waals surface area contributed by atoms with Gasteiger partial charge >= 0.3 is 6.18 Å². The second kappa shape index (κ2) is 4.87. The van der Waals surface area contributed by atoms with E-state index in [4.69, 9.17) is 5.73 Å². The van der Waals surface area contributed by atoms with Crippen LogP contribution in [0, 0.1) is 13.8 Å². The summed E-state index contributed by atoms with van der Waals surface area (Å²) in [5.74, 6) is 0. The molecule has 0 fully saturated rings. The van der Waals surface area contributed by atoms with Crippen molar-refractivity contribution in [2.45, 2.75) is 38.9 Å². The van der Waals surface area contributed by atoms with Gasteiger partial charge in [0.2, 0.25) is 0 Å². The molecule has 0 saturated heterocycles. The summed E-state index contributed by atoms with van der Waals surface area (Å²) in [6, 6.07) is 5.00. The summed E-state index contributed by atoms with van der Waals surface area (Å²) in [6.07, 6.45) is -5.02. The SMILES string of the molecule is Cc1ccc([C@@H](N)CCC(F)(F)F)cc1C. The summed E-state index contributed by atoms with van der Waals surface area (Å²) in [6.45, 7) is 3.88. The van der Waals surface area contributed by atoms with Crippen LogP contribution in [0.3, 0.4) is 0 Å². The van der Waals surface area contributed by atoms with E-state index in [1.807, 2.05) is 26.0 Å². The summed E-state index contributed by atoms with van der Waals surface area (Å²) in [4.78, 5) is 0. The van der Waals surface area contributed by atoms with E-state index >= 15 is 0 Å². The third-order valence-electron chi connectivity index (χ3n) is 2.70. The lowest BCUT2D eigenvalue weighted by Crippen LogP contribution is -2.15. The third kappa shape index (κ3) is 3.85. The predicted octanol–water partition coefficient (Wildman–Crippen LogP) is 3.65. The minimum absolute atomic E-state index is 0.0635. The first kappa shape index (κ1) is 13.0. The Morgan fingerprint density at radius 2 is 1.81 bits per heavy atom.